The summed E-state index contributed by atoms with van der Waals surface area (Å²) in [5.41, 5.74) is 0.699. The van der Waals surface area contributed by atoms with Crippen molar-refractivity contribution < 1.29 is 4.39 Å². The highest BCUT2D eigenvalue weighted by Crippen LogP contribution is 2.23. The molecule has 16 heavy (non-hydrogen) atoms. The molecule has 0 bridgehead atoms. The summed E-state index contributed by atoms with van der Waals surface area (Å²) in [4.78, 5) is 4.19. The lowest BCUT2D eigenvalue weighted by Gasteiger charge is -2.12. The number of halogens is 2. The molecule has 1 aromatic heterocycles. The van der Waals surface area contributed by atoms with Gasteiger partial charge in [-0.1, -0.05) is 11.6 Å². The summed E-state index contributed by atoms with van der Waals surface area (Å²) in [6.45, 7) is 1.98. The molecule has 1 N–H and O–H groups in total. The number of nitrogens with zero attached hydrogens (tertiary/aromatic N) is 1. The molecular weight excluding hydrogens is 247 g/mol. The van der Waals surface area contributed by atoms with Crippen LogP contribution in [0.4, 0.5) is 10.1 Å². The second-order valence-corrected chi connectivity index (χ2v) is 4.70. The van der Waals surface area contributed by atoms with Crippen molar-refractivity contribution in [2.45, 2.75) is 13.0 Å². The molecule has 5 heteroatoms. The Hall–Kier alpha value is -1.13. The van der Waals surface area contributed by atoms with Crippen LogP contribution in [-0.4, -0.2) is 4.98 Å². The van der Waals surface area contributed by atoms with Gasteiger partial charge in [-0.3, -0.25) is 0 Å². The van der Waals surface area contributed by atoms with Gasteiger partial charge in [0, 0.05) is 17.3 Å². The van der Waals surface area contributed by atoms with Crippen LogP contribution in [-0.2, 0) is 0 Å². The SMILES string of the molecule is CC(Nc1ccc(Cl)c(F)c1)c1nccs1. The van der Waals surface area contributed by atoms with Gasteiger partial charge in [0.15, 0.2) is 0 Å². The molecule has 84 valence electrons. The van der Waals surface area contributed by atoms with Crippen LogP contribution >= 0.6 is 22.9 Å². The summed E-state index contributed by atoms with van der Waals surface area (Å²) in [6, 6.07) is 4.72. The van der Waals surface area contributed by atoms with Gasteiger partial charge in [0.1, 0.15) is 10.8 Å². The molecule has 0 aliphatic carbocycles. The maximum absolute atomic E-state index is 13.2. The van der Waals surface area contributed by atoms with Crippen molar-refractivity contribution in [2.24, 2.45) is 0 Å². The minimum Gasteiger partial charge on any atom is -0.376 e. The molecule has 1 atom stereocenters. The van der Waals surface area contributed by atoms with E-state index in [4.69, 9.17) is 11.6 Å². The molecule has 0 saturated heterocycles. The number of anilines is 1. The Morgan fingerprint density at radius 1 is 1.50 bits per heavy atom. The third-order valence-electron chi connectivity index (χ3n) is 2.12. The molecule has 2 rings (SSSR count). The van der Waals surface area contributed by atoms with E-state index in [2.05, 4.69) is 10.3 Å². The number of rotatable bonds is 3. The molecule has 0 spiro atoms. The Kier molecular flexibility index (Phi) is 3.41. The number of benzene rings is 1. The number of hydrogen-bond donors (Lipinski definition) is 1. The van der Waals surface area contributed by atoms with Crippen molar-refractivity contribution in [1.82, 2.24) is 4.98 Å². The summed E-state index contributed by atoms with van der Waals surface area (Å²) in [5.74, 6) is -0.419. The first-order chi connectivity index (χ1) is 7.66. The Morgan fingerprint density at radius 3 is 2.94 bits per heavy atom. The maximum atomic E-state index is 13.2. The predicted octanol–water partition coefficient (Wildman–Crippen LogP) is 4.11. The fourth-order valence-electron chi connectivity index (χ4n) is 1.35. The Balaban J connectivity index is 2.12. The van der Waals surface area contributed by atoms with Crippen LogP contribution in [0, 0.1) is 5.82 Å². The molecule has 1 aromatic carbocycles. The first kappa shape index (κ1) is 11.4. The normalized spacial score (nSPS) is 12.4. The van der Waals surface area contributed by atoms with Gasteiger partial charge >= 0.3 is 0 Å². The number of hydrogen-bond acceptors (Lipinski definition) is 3. The van der Waals surface area contributed by atoms with Crippen LogP contribution in [0.15, 0.2) is 29.8 Å². The maximum Gasteiger partial charge on any atom is 0.143 e. The smallest absolute Gasteiger partial charge is 0.143 e. The zero-order chi connectivity index (χ0) is 11.5. The van der Waals surface area contributed by atoms with E-state index < -0.39 is 5.82 Å². The Labute approximate surface area is 102 Å². The van der Waals surface area contributed by atoms with Crippen LogP contribution < -0.4 is 5.32 Å². The van der Waals surface area contributed by atoms with Gasteiger partial charge in [0.2, 0.25) is 0 Å². The van der Waals surface area contributed by atoms with Crippen LogP contribution in [0.3, 0.4) is 0 Å². The van der Waals surface area contributed by atoms with Crippen molar-refractivity contribution in [3.8, 4) is 0 Å². The molecule has 0 aliphatic rings. The van der Waals surface area contributed by atoms with Gasteiger partial charge in [-0.15, -0.1) is 11.3 Å². The first-order valence-electron chi connectivity index (χ1n) is 4.78. The van der Waals surface area contributed by atoms with Crippen molar-refractivity contribution in [3.63, 3.8) is 0 Å². The van der Waals surface area contributed by atoms with E-state index in [1.165, 1.54) is 12.1 Å². The molecule has 1 heterocycles. The quantitative estimate of drug-likeness (QED) is 0.894. The molecule has 0 aliphatic heterocycles. The number of aromatic nitrogens is 1. The average Bonchev–Trinajstić information content (AvgIpc) is 2.77. The van der Waals surface area contributed by atoms with Crippen molar-refractivity contribution in [1.29, 1.82) is 0 Å². The van der Waals surface area contributed by atoms with Gasteiger partial charge in [-0.2, -0.15) is 0 Å². The molecule has 0 amide bonds. The third-order valence-corrected chi connectivity index (χ3v) is 3.39. The van der Waals surface area contributed by atoms with Gasteiger partial charge in [0.25, 0.3) is 0 Å². The summed E-state index contributed by atoms with van der Waals surface area (Å²) in [5, 5.41) is 6.17. The molecule has 1 unspecified atom stereocenters. The highest BCUT2D eigenvalue weighted by molar-refractivity contribution is 7.09. The van der Waals surface area contributed by atoms with E-state index in [1.54, 1.807) is 23.6 Å². The molecule has 2 aromatic rings. The topological polar surface area (TPSA) is 24.9 Å². The minimum atomic E-state index is -0.419. The van der Waals surface area contributed by atoms with E-state index in [0.29, 0.717) is 5.69 Å². The zero-order valence-electron chi connectivity index (χ0n) is 8.58. The van der Waals surface area contributed by atoms with Gasteiger partial charge < -0.3 is 5.32 Å². The molecule has 0 fully saturated rings. The lowest BCUT2D eigenvalue weighted by Crippen LogP contribution is -2.06. The van der Waals surface area contributed by atoms with Crippen molar-refractivity contribution in [3.05, 3.63) is 45.6 Å². The van der Waals surface area contributed by atoms with E-state index in [0.717, 1.165) is 5.01 Å². The van der Waals surface area contributed by atoms with E-state index in [1.807, 2.05) is 12.3 Å². The average molecular weight is 257 g/mol. The minimum absolute atomic E-state index is 0.0561. The third kappa shape index (κ3) is 2.51. The Morgan fingerprint density at radius 2 is 2.31 bits per heavy atom. The summed E-state index contributed by atoms with van der Waals surface area (Å²) < 4.78 is 13.2. The number of nitrogens with one attached hydrogen (secondary N) is 1. The lowest BCUT2D eigenvalue weighted by molar-refractivity contribution is 0.628. The van der Waals surface area contributed by atoms with Crippen molar-refractivity contribution in [2.75, 3.05) is 5.32 Å². The summed E-state index contributed by atoms with van der Waals surface area (Å²) >= 11 is 7.17. The standard InChI is InChI=1S/C11H10ClFN2S/c1-7(11-14-4-5-16-11)15-8-2-3-9(12)10(13)6-8/h2-7,15H,1H3. The summed E-state index contributed by atoms with van der Waals surface area (Å²) in [6.07, 6.45) is 1.75. The second-order valence-electron chi connectivity index (χ2n) is 3.37. The van der Waals surface area contributed by atoms with Gasteiger partial charge in [-0.05, 0) is 25.1 Å². The van der Waals surface area contributed by atoms with Crippen LogP contribution in [0.2, 0.25) is 5.02 Å². The van der Waals surface area contributed by atoms with E-state index in [-0.39, 0.29) is 11.1 Å². The fraction of sp³-hybridized carbons (Fsp3) is 0.182. The molecular formula is C11H10ClFN2S. The van der Waals surface area contributed by atoms with Gasteiger partial charge in [0.05, 0.1) is 11.1 Å². The highest BCUT2D eigenvalue weighted by Gasteiger charge is 2.08. The number of thiazole rings is 1. The second kappa shape index (κ2) is 4.80. The zero-order valence-corrected chi connectivity index (χ0v) is 10.1. The van der Waals surface area contributed by atoms with Crippen LogP contribution in [0.5, 0.6) is 0 Å². The lowest BCUT2D eigenvalue weighted by atomic mass is 10.2. The predicted molar refractivity (Wildman–Crippen MR) is 65.6 cm³/mol. The largest absolute Gasteiger partial charge is 0.376 e. The van der Waals surface area contributed by atoms with E-state index in [9.17, 15) is 4.39 Å². The highest BCUT2D eigenvalue weighted by atomic mass is 35.5. The molecule has 2 nitrogen and oxygen atoms in total. The van der Waals surface area contributed by atoms with Gasteiger partial charge in [-0.25, -0.2) is 9.37 Å². The first-order valence-corrected chi connectivity index (χ1v) is 6.03. The fourth-order valence-corrected chi connectivity index (χ4v) is 2.11. The van der Waals surface area contributed by atoms with Crippen molar-refractivity contribution >= 4 is 28.6 Å². The van der Waals surface area contributed by atoms with E-state index >= 15 is 0 Å². The van der Waals surface area contributed by atoms with Crippen LogP contribution in [0.1, 0.15) is 18.0 Å². The molecule has 0 radical (unpaired) electrons. The Bertz CT molecular complexity index is 473. The summed E-state index contributed by atoms with van der Waals surface area (Å²) in [7, 11) is 0. The monoisotopic (exact) mass is 256 g/mol. The van der Waals surface area contributed by atoms with Crippen LogP contribution in [0.25, 0.3) is 0 Å². The molecule has 0 saturated carbocycles.